The molecule has 0 saturated heterocycles. The van der Waals surface area contributed by atoms with E-state index in [9.17, 15) is 24.0 Å². The maximum absolute atomic E-state index is 12.1. The first-order chi connectivity index (χ1) is 14.3. The summed E-state index contributed by atoms with van der Waals surface area (Å²) in [6.45, 7) is -0.916. The van der Waals surface area contributed by atoms with Crippen LogP contribution in [0.2, 0.25) is 0 Å². The average Bonchev–Trinajstić information content (AvgIpc) is 2.94. The van der Waals surface area contributed by atoms with Gasteiger partial charge in [0, 0.05) is 12.7 Å². The summed E-state index contributed by atoms with van der Waals surface area (Å²) < 4.78 is 10.1. The van der Waals surface area contributed by atoms with Crippen molar-refractivity contribution in [3.8, 4) is 5.75 Å². The number of nitrogens with zero attached hydrogens (tertiary/aromatic N) is 1. The SMILES string of the molecule is CN1C(=O)c2ccc(NC(=O)COC(=O)c3cccc(OCC(N)=O)c3)cc2C1=O. The molecule has 0 aliphatic carbocycles. The van der Waals surface area contributed by atoms with Crippen LogP contribution in [0.5, 0.6) is 5.75 Å². The quantitative estimate of drug-likeness (QED) is 0.500. The summed E-state index contributed by atoms with van der Waals surface area (Å²) in [4.78, 5) is 59.8. The van der Waals surface area contributed by atoms with Crippen molar-refractivity contribution in [2.45, 2.75) is 0 Å². The molecule has 3 rings (SSSR count). The monoisotopic (exact) mass is 411 g/mol. The number of nitrogens with one attached hydrogen (secondary N) is 1. The number of anilines is 1. The molecule has 1 heterocycles. The van der Waals surface area contributed by atoms with Gasteiger partial charge in [0.2, 0.25) is 0 Å². The van der Waals surface area contributed by atoms with Crippen molar-refractivity contribution in [3.05, 3.63) is 59.2 Å². The molecule has 30 heavy (non-hydrogen) atoms. The van der Waals surface area contributed by atoms with Crippen LogP contribution in [-0.2, 0) is 14.3 Å². The standard InChI is InChI=1S/C20H17N3O7/c1-23-18(26)14-6-5-12(8-15(14)19(23)27)22-17(25)10-30-20(28)11-3-2-4-13(7-11)29-9-16(21)24/h2-8H,9-10H2,1H3,(H2,21,24)(H,22,25). The van der Waals surface area contributed by atoms with Gasteiger partial charge in [0.15, 0.2) is 13.2 Å². The number of benzene rings is 2. The average molecular weight is 411 g/mol. The smallest absolute Gasteiger partial charge is 0.338 e. The normalized spacial score (nSPS) is 12.4. The Morgan fingerprint density at radius 2 is 1.73 bits per heavy atom. The van der Waals surface area contributed by atoms with Gasteiger partial charge in [-0.1, -0.05) is 6.07 Å². The maximum Gasteiger partial charge on any atom is 0.338 e. The lowest BCUT2D eigenvalue weighted by molar-refractivity contribution is -0.120. The number of carbonyl (C=O) groups excluding carboxylic acids is 5. The molecule has 0 aromatic heterocycles. The number of esters is 1. The number of carbonyl (C=O) groups is 5. The summed E-state index contributed by atoms with van der Waals surface area (Å²) in [5.41, 5.74) is 5.84. The first-order valence-corrected chi connectivity index (χ1v) is 8.71. The maximum atomic E-state index is 12.1. The van der Waals surface area contributed by atoms with Gasteiger partial charge in [-0.05, 0) is 36.4 Å². The fraction of sp³-hybridized carbons (Fsp3) is 0.150. The van der Waals surface area contributed by atoms with Crippen LogP contribution in [0.3, 0.4) is 0 Å². The molecule has 1 aliphatic rings. The van der Waals surface area contributed by atoms with E-state index in [0.717, 1.165) is 4.90 Å². The molecule has 2 aromatic rings. The minimum absolute atomic E-state index is 0.120. The topological polar surface area (TPSA) is 145 Å². The predicted molar refractivity (Wildman–Crippen MR) is 103 cm³/mol. The number of rotatable bonds is 7. The second-order valence-electron chi connectivity index (χ2n) is 6.34. The molecule has 10 heteroatoms. The van der Waals surface area contributed by atoms with Gasteiger partial charge in [0.25, 0.3) is 23.6 Å². The van der Waals surface area contributed by atoms with Crippen LogP contribution in [-0.4, -0.2) is 54.8 Å². The molecule has 0 fully saturated rings. The number of amides is 4. The van der Waals surface area contributed by atoms with Crippen molar-refractivity contribution in [1.82, 2.24) is 4.90 Å². The van der Waals surface area contributed by atoms with Gasteiger partial charge in [-0.25, -0.2) is 4.79 Å². The van der Waals surface area contributed by atoms with Crippen LogP contribution < -0.4 is 15.8 Å². The Morgan fingerprint density at radius 1 is 1.00 bits per heavy atom. The molecule has 0 atom stereocenters. The Balaban J connectivity index is 1.57. The number of primary amides is 1. The molecular weight excluding hydrogens is 394 g/mol. The molecule has 1 aliphatic heterocycles. The first-order valence-electron chi connectivity index (χ1n) is 8.71. The molecule has 0 radical (unpaired) electrons. The second-order valence-corrected chi connectivity index (χ2v) is 6.34. The van der Waals surface area contributed by atoms with Gasteiger partial charge in [-0.2, -0.15) is 0 Å². The van der Waals surface area contributed by atoms with Gasteiger partial charge >= 0.3 is 5.97 Å². The lowest BCUT2D eigenvalue weighted by Crippen LogP contribution is -2.24. The van der Waals surface area contributed by atoms with Crippen LogP contribution in [0.25, 0.3) is 0 Å². The lowest BCUT2D eigenvalue weighted by Gasteiger charge is -2.08. The van der Waals surface area contributed by atoms with Gasteiger partial charge in [-0.15, -0.1) is 0 Å². The Labute approximate surface area is 170 Å². The molecule has 0 saturated carbocycles. The summed E-state index contributed by atoms with van der Waals surface area (Å²) >= 11 is 0. The molecule has 10 nitrogen and oxygen atoms in total. The van der Waals surface area contributed by atoms with Gasteiger partial charge in [0.05, 0.1) is 16.7 Å². The Bertz CT molecular complexity index is 1060. The van der Waals surface area contributed by atoms with Crippen molar-refractivity contribution in [2.75, 3.05) is 25.6 Å². The van der Waals surface area contributed by atoms with Crippen LogP contribution in [0, 0.1) is 0 Å². The molecule has 154 valence electrons. The molecule has 2 aromatic carbocycles. The minimum Gasteiger partial charge on any atom is -0.484 e. The van der Waals surface area contributed by atoms with E-state index in [0.29, 0.717) is 0 Å². The van der Waals surface area contributed by atoms with E-state index in [4.69, 9.17) is 15.2 Å². The summed E-state index contributed by atoms with van der Waals surface area (Å²) in [6.07, 6.45) is 0. The summed E-state index contributed by atoms with van der Waals surface area (Å²) in [5, 5.41) is 2.50. The highest BCUT2D eigenvalue weighted by molar-refractivity contribution is 6.21. The fourth-order valence-corrected chi connectivity index (χ4v) is 2.72. The fourth-order valence-electron chi connectivity index (χ4n) is 2.72. The van der Waals surface area contributed by atoms with Crippen LogP contribution in [0.1, 0.15) is 31.1 Å². The highest BCUT2D eigenvalue weighted by Gasteiger charge is 2.32. The van der Waals surface area contributed by atoms with Crippen molar-refractivity contribution in [3.63, 3.8) is 0 Å². The van der Waals surface area contributed by atoms with Gasteiger partial charge in [-0.3, -0.25) is 24.1 Å². The first kappa shape index (κ1) is 20.5. The Hall–Kier alpha value is -4.21. The third-order valence-electron chi connectivity index (χ3n) is 4.16. The van der Waals surface area contributed by atoms with Crippen LogP contribution in [0.15, 0.2) is 42.5 Å². The van der Waals surface area contributed by atoms with Crippen molar-refractivity contribution in [2.24, 2.45) is 5.73 Å². The summed E-state index contributed by atoms with van der Waals surface area (Å²) in [5.74, 6) is -2.70. The number of hydrogen-bond acceptors (Lipinski definition) is 7. The Kier molecular flexibility index (Phi) is 5.77. The summed E-state index contributed by atoms with van der Waals surface area (Å²) in [7, 11) is 1.37. The molecule has 4 amide bonds. The van der Waals surface area contributed by atoms with E-state index < -0.39 is 36.2 Å². The third-order valence-corrected chi connectivity index (χ3v) is 4.16. The second kappa shape index (κ2) is 8.43. The number of hydrogen-bond donors (Lipinski definition) is 2. The number of ether oxygens (including phenoxy) is 2. The number of nitrogens with two attached hydrogens (primary N) is 1. The minimum atomic E-state index is -0.772. The molecule has 0 bridgehead atoms. The lowest BCUT2D eigenvalue weighted by atomic mass is 10.1. The van der Waals surface area contributed by atoms with Crippen molar-refractivity contribution < 1.29 is 33.4 Å². The zero-order chi connectivity index (χ0) is 21.8. The van der Waals surface area contributed by atoms with Gasteiger partial charge in [0.1, 0.15) is 5.75 Å². The van der Waals surface area contributed by atoms with E-state index >= 15 is 0 Å². The van der Waals surface area contributed by atoms with E-state index in [-0.39, 0.29) is 34.7 Å². The Morgan fingerprint density at radius 3 is 2.47 bits per heavy atom. The van der Waals surface area contributed by atoms with Crippen molar-refractivity contribution >= 4 is 35.3 Å². The van der Waals surface area contributed by atoms with E-state index in [2.05, 4.69) is 5.32 Å². The largest absolute Gasteiger partial charge is 0.484 e. The summed E-state index contributed by atoms with van der Waals surface area (Å²) in [6, 6.07) is 10.2. The molecular formula is C20H17N3O7. The highest BCUT2D eigenvalue weighted by Crippen LogP contribution is 2.24. The zero-order valence-corrected chi connectivity index (χ0v) is 15.8. The van der Waals surface area contributed by atoms with E-state index in [1.54, 1.807) is 0 Å². The number of imide groups is 1. The van der Waals surface area contributed by atoms with Gasteiger partial charge < -0.3 is 20.5 Å². The molecule has 3 N–H and O–H groups in total. The van der Waals surface area contributed by atoms with Crippen LogP contribution in [0.4, 0.5) is 5.69 Å². The van der Waals surface area contributed by atoms with Crippen LogP contribution >= 0.6 is 0 Å². The molecule has 0 spiro atoms. The third kappa shape index (κ3) is 4.43. The van der Waals surface area contributed by atoms with Crippen molar-refractivity contribution in [1.29, 1.82) is 0 Å². The van der Waals surface area contributed by atoms with E-state index in [1.807, 2.05) is 0 Å². The molecule has 0 unspecified atom stereocenters. The highest BCUT2D eigenvalue weighted by atomic mass is 16.5. The van der Waals surface area contributed by atoms with E-state index in [1.165, 1.54) is 49.5 Å². The zero-order valence-electron chi connectivity index (χ0n) is 15.8. The predicted octanol–water partition coefficient (Wildman–Crippen LogP) is 0.572. The number of fused-ring (bicyclic) bond motifs is 1.